The van der Waals surface area contributed by atoms with Crippen molar-refractivity contribution in [1.29, 1.82) is 0 Å². The smallest absolute Gasteiger partial charge is 0.239 e. The molecule has 2 aliphatic heterocycles. The zero-order chi connectivity index (χ0) is 11.1. The molecule has 0 amide bonds. The Morgan fingerprint density at radius 3 is 2.81 bits per heavy atom. The predicted octanol–water partition coefficient (Wildman–Crippen LogP) is 0.956. The first-order valence-corrected chi connectivity index (χ1v) is 7.69. The summed E-state index contributed by atoms with van der Waals surface area (Å²) in [5.41, 5.74) is 0.772. The van der Waals surface area contributed by atoms with Gasteiger partial charge in [-0.1, -0.05) is 13.8 Å². The Labute approximate surface area is 94.9 Å². The van der Waals surface area contributed by atoms with E-state index in [0.29, 0.717) is 22.5 Å². The molecular formula is C11H15NO3S. The topological polar surface area (TPSA) is 49.7 Å². The average Bonchev–Trinajstić information content (AvgIpc) is 3.01. The van der Waals surface area contributed by atoms with Crippen molar-refractivity contribution in [2.75, 3.05) is 5.75 Å². The molecule has 0 radical (unpaired) electrons. The molecule has 6 atom stereocenters. The maximum atomic E-state index is 12.0. The fraction of sp³-hybridized carbons (Fsp3) is 1.00. The minimum Gasteiger partial charge on any atom is -0.259 e. The van der Waals surface area contributed by atoms with Crippen molar-refractivity contribution in [3.05, 3.63) is 0 Å². The fourth-order valence-corrected chi connectivity index (χ4v) is 8.17. The summed E-state index contributed by atoms with van der Waals surface area (Å²) >= 11 is 0. The van der Waals surface area contributed by atoms with Gasteiger partial charge in [0.2, 0.25) is 10.0 Å². The Kier molecular flexibility index (Phi) is 1.000. The van der Waals surface area contributed by atoms with Gasteiger partial charge in [-0.15, -0.1) is 0 Å². The van der Waals surface area contributed by atoms with Gasteiger partial charge in [-0.2, -0.15) is 0 Å². The van der Waals surface area contributed by atoms with E-state index >= 15 is 0 Å². The molecule has 5 heteroatoms. The Hall–Kier alpha value is -0.130. The first-order valence-electron chi connectivity index (χ1n) is 6.08. The second-order valence-corrected chi connectivity index (χ2v) is 8.64. The third-order valence-electron chi connectivity index (χ3n) is 6.48. The van der Waals surface area contributed by atoms with Crippen LogP contribution in [0.3, 0.4) is 0 Å². The van der Waals surface area contributed by atoms with Crippen LogP contribution in [0.15, 0.2) is 0 Å². The highest BCUT2D eigenvalue weighted by Gasteiger charge is 3.02. The van der Waals surface area contributed by atoms with E-state index in [0.717, 1.165) is 12.3 Å². The highest BCUT2D eigenvalue weighted by Crippen LogP contribution is 3.01. The van der Waals surface area contributed by atoms with Crippen molar-refractivity contribution >= 4 is 10.0 Å². The summed E-state index contributed by atoms with van der Waals surface area (Å²) in [6.45, 7) is 4.63. The first-order chi connectivity index (χ1) is 7.40. The highest BCUT2D eigenvalue weighted by atomic mass is 32.2. The summed E-state index contributed by atoms with van der Waals surface area (Å²) in [4.78, 5) is 5.31. The second kappa shape index (κ2) is 1.80. The Bertz CT molecular complexity index is 541. The van der Waals surface area contributed by atoms with Crippen molar-refractivity contribution in [3.8, 4) is 0 Å². The number of hydrogen-bond donors (Lipinski definition) is 0. The molecule has 5 aliphatic rings. The lowest BCUT2D eigenvalue weighted by Crippen LogP contribution is -2.32. The van der Waals surface area contributed by atoms with Crippen LogP contribution in [0.4, 0.5) is 0 Å². The molecule has 2 spiro atoms. The summed E-state index contributed by atoms with van der Waals surface area (Å²) in [5, 5.41) is 0. The Morgan fingerprint density at radius 1 is 1.38 bits per heavy atom. The van der Waals surface area contributed by atoms with Gasteiger partial charge in [-0.05, 0) is 39.5 Å². The SMILES string of the molecule is CC1(C)C2CCC34CS(=O)(=O)N5OC5C3C214. The predicted molar refractivity (Wildman–Crippen MR) is 55.4 cm³/mol. The molecule has 0 aromatic rings. The molecule has 0 bridgehead atoms. The molecule has 2 saturated heterocycles. The molecule has 3 saturated carbocycles. The van der Waals surface area contributed by atoms with Crippen molar-refractivity contribution in [1.82, 2.24) is 4.47 Å². The zero-order valence-electron chi connectivity index (χ0n) is 9.43. The number of hydroxylamine groups is 1. The van der Waals surface area contributed by atoms with Crippen molar-refractivity contribution in [2.45, 2.75) is 32.9 Å². The van der Waals surface area contributed by atoms with E-state index in [1.54, 1.807) is 0 Å². The third-order valence-corrected chi connectivity index (χ3v) is 8.20. The van der Waals surface area contributed by atoms with E-state index in [-0.39, 0.29) is 11.6 Å². The van der Waals surface area contributed by atoms with Gasteiger partial charge >= 0.3 is 0 Å². The average molecular weight is 241 g/mol. The summed E-state index contributed by atoms with van der Waals surface area (Å²) in [6.07, 6.45) is 2.24. The van der Waals surface area contributed by atoms with Crippen LogP contribution in [0.5, 0.6) is 0 Å². The molecule has 6 unspecified atom stereocenters. The minimum absolute atomic E-state index is 0.0941. The molecule has 0 aromatic heterocycles. The Morgan fingerprint density at radius 2 is 2.12 bits per heavy atom. The van der Waals surface area contributed by atoms with Crippen LogP contribution < -0.4 is 0 Å². The number of fused-ring (bicyclic) bond motifs is 2. The van der Waals surface area contributed by atoms with Crippen LogP contribution in [-0.4, -0.2) is 24.9 Å². The van der Waals surface area contributed by atoms with Gasteiger partial charge in [0.15, 0.2) is 6.23 Å². The molecule has 88 valence electrons. The van der Waals surface area contributed by atoms with E-state index in [4.69, 9.17) is 4.84 Å². The summed E-state index contributed by atoms with van der Waals surface area (Å²) in [6, 6.07) is 0. The summed E-state index contributed by atoms with van der Waals surface area (Å²) < 4.78 is 25.2. The van der Waals surface area contributed by atoms with Crippen LogP contribution in [0.2, 0.25) is 0 Å². The Balaban J connectivity index is 1.72. The lowest BCUT2D eigenvalue weighted by Gasteiger charge is -2.20. The van der Waals surface area contributed by atoms with Crippen molar-refractivity contribution in [2.24, 2.45) is 28.1 Å². The lowest BCUT2D eigenvalue weighted by atomic mass is 9.93. The van der Waals surface area contributed by atoms with E-state index in [9.17, 15) is 8.42 Å². The molecule has 4 nitrogen and oxygen atoms in total. The normalized spacial score (nSPS) is 69.6. The van der Waals surface area contributed by atoms with Gasteiger partial charge in [0.25, 0.3) is 0 Å². The molecule has 2 heterocycles. The van der Waals surface area contributed by atoms with Crippen LogP contribution >= 0.6 is 0 Å². The molecule has 0 N–H and O–H groups in total. The van der Waals surface area contributed by atoms with Crippen LogP contribution in [0.25, 0.3) is 0 Å². The number of sulfonamides is 1. The molecular weight excluding hydrogens is 226 g/mol. The van der Waals surface area contributed by atoms with Crippen LogP contribution in [-0.2, 0) is 14.9 Å². The number of rotatable bonds is 0. The maximum Gasteiger partial charge on any atom is 0.239 e. The summed E-state index contributed by atoms with van der Waals surface area (Å²) in [7, 11) is -3.11. The van der Waals surface area contributed by atoms with E-state index in [1.807, 2.05) is 0 Å². The van der Waals surface area contributed by atoms with Crippen molar-refractivity contribution < 1.29 is 13.3 Å². The number of hydrogen-bond acceptors (Lipinski definition) is 3. The molecule has 5 fully saturated rings. The molecule has 16 heavy (non-hydrogen) atoms. The van der Waals surface area contributed by atoms with Gasteiger partial charge in [-0.25, -0.2) is 8.42 Å². The van der Waals surface area contributed by atoms with Gasteiger partial charge in [-0.3, -0.25) is 4.84 Å². The summed E-state index contributed by atoms with van der Waals surface area (Å²) in [5.74, 6) is 1.61. The fourth-order valence-electron chi connectivity index (χ4n) is 6.17. The van der Waals surface area contributed by atoms with Crippen LogP contribution in [0, 0.1) is 28.1 Å². The monoisotopic (exact) mass is 241 g/mol. The van der Waals surface area contributed by atoms with Crippen molar-refractivity contribution in [3.63, 3.8) is 0 Å². The van der Waals surface area contributed by atoms with Crippen LogP contribution in [0.1, 0.15) is 26.7 Å². The molecule has 0 aromatic carbocycles. The highest BCUT2D eigenvalue weighted by molar-refractivity contribution is 7.89. The van der Waals surface area contributed by atoms with Gasteiger partial charge < -0.3 is 0 Å². The largest absolute Gasteiger partial charge is 0.259 e. The molecule has 3 aliphatic carbocycles. The van der Waals surface area contributed by atoms with Gasteiger partial charge in [0.05, 0.1) is 5.75 Å². The lowest BCUT2D eigenvalue weighted by molar-refractivity contribution is 0.277. The second-order valence-electron chi connectivity index (χ2n) is 6.82. The minimum atomic E-state index is -3.11. The maximum absolute atomic E-state index is 12.0. The van der Waals surface area contributed by atoms with Gasteiger partial charge in [0.1, 0.15) is 0 Å². The molecule has 5 rings (SSSR count). The third kappa shape index (κ3) is 0.529. The van der Waals surface area contributed by atoms with Gasteiger partial charge in [0, 0.05) is 5.92 Å². The first kappa shape index (κ1) is 8.89. The van der Waals surface area contributed by atoms with E-state index < -0.39 is 10.0 Å². The zero-order valence-corrected chi connectivity index (χ0v) is 10.3. The van der Waals surface area contributed by atoms with E-state index in [2.05, 4.69) is 13.8 Å². The van der Waals surface area contributed by atoms with E-state index in [1.165, 1.54) is 10.9 Å². The standard InChI is InChI=1S/C11H15NO3S/c1-9(2)6-3-4-10-5-16(13,14)12-8(15-12)7(10)11(6,9)10/h6-8H,3-5H2,1-2H3. The number of nitrogens with zero attached hydrogens (tertiary/aromatic N) is 1. The quantitative estimate of drug-likeness (QED) is 0.593.